The van der Waals surface area contributed by atoms with E-state index in [1.807, 2.05) is 20.9 Å². The largest absolute Gasteiger partial charge is 0.371 e. The van der Waals surface area contributed by atoms with Crippen LogP contribution in [0.2, 0.25) is 5.02 Å². The molecule has 0 spiro atoms. The van der Waals surface area contributed by atoms with Crippen LogP contribution in [0.5, 0.6) is 0 Å². The Kier molecular flexibility index (Phi) is 5.85. The number of halogens is 1. The van der Waals surface area contributed by atoms with E-state index >= 15 is 0 Å². The lowest BCUT2D eigenvalue weighted by atomic mass is 9.99. The van der Waals surface area contributed by atoms with Crippen molar-refractivity contribution in [3.63, 3.8) is 0 Å². The van der Waals surface area contributed by atoms with E-state index in [0.717, 1.165) is 0 Å². The van der Waals surface area contributed by atoms with Crippen LogP contribution in [0, 0.1) is 0 Å². The lowest BCUT2D eigenvalue weighted by Gasteiger charge is -2.13. The lowest BCUT2D eigenvalue weighted by molar-refractivity contribution is 0.0598. The average molecular weight is 421 g/mol. The van der Waals surface area contributed by atoms with Gasteiger partial charge in [0.25, 0.3) is 0 Å². The molecule has 2 aromatic carbocycles. The summed E-state index contributed by atoms with van der Waals surface area (Å²) in [6, 6.07) is 11.7. The van der Waals surface area contributed by atoms with Crippen LogP contribution < -0.4 is 5.14 Å². The van der Waals surface area contributed by atoms with Crippen LogP contribution >= 0.6 is 11.6 Å². The maximum Gasteiger partial charge on any atom is 0.238 e. The molecule has 0 radical (unpaired) electrons. The lowest BCUT2D eigenvalue weighted by Crippen LogP contribution is -2.13. The predicted molar refractivity (Wildman–Crippen MR) is 108 cm³/mol. The predicted octanol–water partition coefficient (Wildman–Crippen LogP) is 3.37. The van der Waals surface area contributed by atoms with Crippen molar-refractivity contribution in [3.05, 3.63) is 53.3 Å². The molecule has 0 unspecified atom stereocenters. The third-order valence-electron chi connectivity index (χ3n) is 4.22. The fourth-order valence-corrected chi connectivity index (χ4v) is 3.76. The molecule has 28 heavy (non-hydrogen) atoms. The monoisotopic (exact) mass is 420 g/mol. The van der Waals surface area contributed by atoms with E-state index in [1.165, 1.54) is 6.07 Å². The molecule has 3 rings (SSSR count). The molecular formula is C19H21ClN4O3S. The van der Waals surface area contributed by atoms with E-state index in [2.05, 4.69) is 10.2 Å². The molecule has 0 aliphatic rings. The van der Waals surface area contributed by atoms with E-state index in [-0.39, 0.29) is 11.0 Å². The molecule has 2 N–H and O–H groups in total. The minimum Gasteiger partial charge on any atom is -0.371 e. The minimum absolute atomic E-state index is 0.0316. The van der Waals surface area contributed by atoms with Gasteiger partial charge in [0.15, 0.2) is 11.6 Å². The summed E-state index contributed by atoms with van der Waals surface area (Å²) in [6.45, 7) is 4.19. The van der Waals surface area contributed by atoms with Gasteiger partial charge in [-0.3, -0.25) is 0 Å². The highest BCUT2D eigenvalue weighted by Crippen LogP contribution is 2.36. The zero-order valence-corrected chi connectivity index (χ0v) is 17.3. The van der Waals surface area contributed by atoms with Gasteiger partial charge in [0.2, 0.25) is 10.0 Å². The molecule has 0 aliphatic heterocycles. The summed E-state index contributed by atoms with van der Waals surface area (Å²) in [6.07, 6.45) is 0.0588. The summed E-state index contributed by atoms with van der Waals surface area (Å²) in [5.41, 5.74) is 1.76. The molecule has 0 bridgehead atoms. The van der Waals surface area contributed by atoms with Gasteiger partial charge in [-0.1, -0.05) is 35.9 Å². The fourth-order valence-electron chi connectivity index (χ4n) is 2.84. The van der Waals surface area contributed by atoms with Crippen LogP contribution in [-0.4, -0.2) is 29.3 Å². The van der Waals surface area contributed by atoms with Gasteiger partial charge in [-0.25, -0.2) is 13.6 Å². The molecule has 0 fully saturated rings. The van der Waals surface area contributed by atoms with Gasteiger partial charge in [-0.05, 0) is 37.6 Å². The highest BCUT2D eigenvalue weighted by Gasteiger charge is 2.21. The molecule has 1 heterocycles. The first kappa shape index (κ1) is 20.5. The van der Waals surface area contributed by atoms with Gasteiger partial charge >= 0.3 is 0 Å². The molecule has 9 heteroatoms. The third-order valence-corrected chi connectivity index (χ3v) is 5.42. The first-order chi connectivity index (χ1) is 13.2. The fraction of sp³-hybridized carbons (Fsp3) is 0.263. The second-order valence-corrected chi connectivity index (χ2v) is 8.56. The normalized spacial score (nSPS) is 11.9. The van der Waals surface area contributed by atoms with E-state index in [1.54, 1.807) is 41.0 Å². The van der Waals surface area contributed by atoms with E-state index in [9.17, 15) is 8.42 Å². The second-order valence-electron chi connectivity index (χ2n) is 6.59. The average Bonchev–Trinajstić information content (AvgIpc) is 2.99. The first-order valence-corrected chi connectivity index (χ1v) is 10.5. The zero-order valence-electron chi connectivity index (χ0n) is 15.8. The highest BCUT2D eigenvalue weighted by molar-refractivity contribution is 7.89. The smallest absolute Gasteiger partial charge is 0.238 e. The molecule has 0 saturated carbocycles. The minimum atomic E-state index is -3.91. The van der Waals surface area contributed by atoms with E-state index < -0.39 is 10.0 Å². The van der Waals surface area contributed by atoms with E-state index in [0.29, 0.717) is 40.0 Å². The van der Waals surface area contributed by atoms with Crippen LogP contribution in [-0.2, 0) is 28.4 Å². The van der Waals surface area contributed by atoms with Crippen molar-refractivity contribution in [2.45, 2.75) is 31.5 Å². The summed E-state index contributed by atoms with van der Waals surface area (Å²) < 4.78 is 31.5. The number of nitrogens with zero attached hydrogens (tertiary/aromatic N) is 3. The number of hydrogen-bond acceptors (Lipinski definition) is 5. The Morgan fingerprint density at radius 1 is 1.11 bits per heavy atom. The van der Waals surface area contributed by atoms with Gasteiger partial charge in [0, 0.05) is 23.2 Å². The summed E-state index contributed by atoms with van der Waals surface area (Å²) >= 11 is 6.22. The van der Waals surface area contributed by atoms with Crippen molar-refractivity contribution < 1.29 is 13.2 Å². The number of rotatable bonds is 6. The van der Waals surface area contributed by atoms with E-state index in [4.69, 9.17) is 21.5 Å². The van der Waals surface area contributed by atoms with Crippen LogP contribution in [0.15, 0.2) is 47.4 Å². The number of sulfonamides is 1. The Bertz CT molecular complexity index is 1110. The SMILES string of the molecule is CC(C)OCc1nnc(-c2cc(Cl)ccc2-c2ccccc2S(N)(=O)=O)n1C. The second kappa shape index (κ2) is 8.00. The van der Waals surface area contributed by atoms with Crippen molar-refractivity contribution >= 4 is 21.6 Å². The number of nitrogens with two attached hydrogens (primary N) is 1. The molecular weight excluding hydrogens is 400 g/mol. The van der Waals surface area contributed by atoms with Gasteiger partial charge in [0.1, 0.15) is 6.61 Å². The molecule has 7 nitrogen and oxygen atoms in total. The number of benzene rings is 2. The Hall–Kier alpha value is -2.26. The Labute approximate surface area is 169 Å². The Morgan fingerprint density at radius 2 is 1.82 bits per heavy atom. The standard InChI is InChI=1S/C19H21ClN4O3S/c1-12(2)27-11-18-22-23-19(24(18)3)16-10-13(20)8-9-14(16)15-6-4-5-7-17(15)28(21,25)26/h4-10,12H,11H2,1-3H3,(H2,21,25,26). The molecule has 0 atom stereocenters. The van der Waals surface area contributed by atoms with Crippen molar-refractivity contribution in [2.24, 2.45) is 12.2 Å². The summed E-state index contributed by atoms with van der Waals surface area (Å²) in [5.74, 6) is 1.19. The van der Waals surface area contributed by atoms with Crippen molar-refractivity contribution in [1.29, 1.82) is 0 Å². The Morgan fingerprint density at radius 3 is 2.50 bits per heavy atom. The highest BCUT2D eigenvalue weighted by atomic mass is 35.5. The summed E-state index contributed by atoms with van der Waals surface area (Å²) in [4.78, 5) is 0.0316. The van der Waals surface area contributed by atoms with Crippen LogP contribution in [0.3, 0.4) is 0 Å². The molecule has 3 aromatic rings. The summed E-state index contributed by atoms with van der Waals surface area (Å²) in [5, 5.41) is 14.4. The molecule has 148 valence electrons. The van der Waals surface area contributed by atoms with Gasteiger partial charge in [-0.2, -0.15) is 0 Å². The number of hydrogen-bond donors (Lipinski definition) is 1. The number of primary sulfonamides is 1. The number of ether oxygens (including phenoxy) is 1. The van der Waals surface area contributed by atoms with Crippen LogP contribution in [0.25, 0.3) is 22.5 Å². The summed E-state index contributed by atoms with van der Waals surface area (Å²) in [7, 11) is -2.09. The van der Waals surface area contributed by atoms with Crippen molar-refractivity contribution in [2.75, 3.05) is 0 Å². The van der Waals surface area contributed by atoms with Crippen LogP contribution in [0.4, 0.5) is 0 Å². The first-order valence-electron chi connectivity index (χ1n) is 8.60. The van der Waals surface area contributed by atoms with Crippen molar-refractivity contribution in [1.82, 2.24) is 14.8 Å². The quantitative estimate of drug-likeness (QED) is 0.658. The maximum absolute atomic E-state index is 12.1. The molecule has 1 aromatic heterocycles. The maximum atomic E-state index is 12.1. The van der Waals surface area contributed by atoms with Gasteiger partial charge in [-0.15, -0.1) is 10.2 Å². The topological polar surface area (TPSA) is 100 Å². The van der Waals surface area contributed by atoms with Crippen LogP contribution in [0.1, 0.15) is 19.7 Å². The third kappa shape index (κ3) is 4.25. The Balaban J connectivity index is 2.18. The molecule has 0 saturated heterocycles. The van der Waals surface area contributed by atoms with Gasteiger partial charge < -0.3 is 9.30 Å². The van der Waals surface area contributed by atoms with Gasteiger partial charge in [0.05, 0.1) is 11.0 Å². The zero-order chi connectivity index (χ0) is 20.5. The number of aromatic nitrogens is 3. The van der Waals surface area contributed by atoms with Crippen molar-refractivity contribution in [3.8, 4) is 22.5 Å². The molecule has 0 aliphatic carbocycles. The molecule has 0 amide bonds.